The molecule has 1 heterocycles. The first-order valence-electron chi connectivity index (χ1n) is 14.4. The van der Waals surface area contributed by atoms with Gasteiger partial charge in [-0.25, -0.2) is 17.6 Å². The molecule has 1 fully saturated rings. The molecule has 2 unspecified atom stereocenters. The highest BCUT2D eigenvalue weighted by Gasteiger charge is 2.30. The van der Waals surface area contributed by atoms with Crippen LogP contribution in [-0.4, -0.2) is 68.2 Å². The van der Waals surface area contributed by atoms with E-state index in [1.807, 2.05) is 6.92 Å². The zero-order valence-electron chi connectivity index (χ0n) is 26.7. The lowest BCUT2D eigenvalue weighted by molar-refractivity contribution is -0.109. The predicted molar refractivity (Wildman–Crippen MR) is 168 cm³/mol. The zero-order valence-corrected chi connectivity index (χ0v) is 26.7. The molecule has 254 valence electrons. The average molecular weight is 654 g/mol. The van der Waals surface area contributed by atoms with Gasteiger partial charge in [-0.05, 0) is 56.4 Å². The second-order valence-electron chi connectivity index (χ2n) is 10.5. The molecule has 2 atom stereocenters. The van der Waals surface area contributed by atoms with Crippen LogP contribution >= 0.6 is 0 Å². The number of nitrogens with one attached hydrogen (secondary N) is 1. The van der Waals surface area contributed by atoms with Crippen LogP contribution in [0.1, 0.15) is 41.9 Å². The highest BCUT2D eigenvalue weighted by Crippen LogP contribution is 2.33. The van der Waals surface area contributed by atoms with Gasteiger partial charge < -0.3 is 34.5 Å². The van der Waals surface area contributed by atoms with E-state index >= 15 is 0 Å². The second kappa shape index (κ2) is 20.7. The molecule has 1 aliphatic carbocycles. The number of methoxy groups -OCH3 is 1. The van der Waals surface area contributed by atoms with Crippen LogP contribution in [0.5, 0.6) is 5.75 Å². The third-order valence-electron chi connectivity index (χ3n) is 6.97. The molecule has 9 nitrogen and oxygen atoms in total. The number of halogens is 4. The van der Waals surface area contributed by atoms with Crippen molar-refractivity contribution in [3.8, 4) is 5.75 Å². The largest absolute Gasteiger partial charge is 0.497 e. The van der Waals surface area contributed by atoms with E-state index in [1.54, 1.807) is 50.3 Å². The Balaban J connectivity index is 0.000000582. The molecule has 1 aliphatic rings. The van der Waals surface area contributed by atoms with E-state index in [9.17, 15) is 32.3 Å². The van der Waals surface area contributed by atoms with Crippen molar-refractivity contribution in [3.05, 3.63) is 93.2 Å². The number of anilines is 1. The fraction of sp³-hybridized carbons (Fsp3) is 0.424. The summed E-state index contributed by atoms with van der Waals surface area (Å²) in [6.07, 6.45) is 4.12. The van der Waals surface area contributed by atoms with E-state index in [1.165, 1.54) is 23.8 Å². The van der Waals surface area contributed by atoms with Gasteiger partial charge in [0.25, 0.3) is 5.56 Å². The van der Waals surface area contributed by atoms with Gasteiger partial charge in [0.05, 0.1) is 19.8 Å². The third-order valence-corrected chi connectivity index (χ3v) is 6.97. The monoisotopic (exact) mass is 653 g/mol. The second-order valence-corrected chi connectivity index (χ2v) is 10.5. The number of likely N-dealkylation sites (N-methyl/N-ethyl adjacent to an activating group) is 1. The maximum Gasteiger partial charge on any atom is 0.274 e. The first-order chi connectivity index (χ1) is 21.9. The number of aryl methyl sites for hydroxylation is 2. The van der Waals surface area contributed by atoms with Gasteiger partial charge in [0.15, 0.2) is 6.86 Å². The molecule has 2 aromatic carbocycles. The number of nitrogens with zero attached hydrogens (tertiary/aromatic N) is 2. The third kappa shape index (κ3) is 13.0. The van der Waals surface area contributed by atoms with Crippen LogP contribution in [0.4, 0.5) is 23.2 Å². The van der Waals surface area contributed by atoms with Gasteiger partial charge in [-0.15, -0.1) is 0 Å². The minimum Gasteiger partial charge on any atom is -0.497 e. The molecular formula is C33H43F4N3O6. The standard InChI is InChI=1S/C23H28F2N2O4.C7H7F.C2H5NO.CH3FO/c1-14-6-8-27(13-20(29)15-4-5-15)23(30)22(14)26(2)12-16(7-9-28)21-18(24)10-17(31-3)11-19(21)25;1-6-2-4-7(8)5-3-6;1-3-2-4;2-1-3/h6,8-11,15-16,20,29H,4-5,7,12-13H2,1-3H3;2-5H,1H3;2H,1H3,(H,3,4);3H,1H2. The molecule has 1 aromatic heterocycles. The minimum absolute atomic E-state index is 0.0490. The lowest BCUT2D eigenvalue weighted by atomic mass is 9.94. The van der Waals surface area contributed by atoms with Gasteiger partial charge in [0.2, 0.25) is 6.41 Å². The average Bonchev–Trinajstić information content (AvgIpc) is 3.87. The number of benzene rings is 2. The number of pyridine rings is 1. The summed E-state index contributed by atoms with van der Waals surface area (Å²) in [6.45, 7) is 2.71. The Morgan fingerprint density at radius 1 is 1.09 bits per heavy atom. The van der Waals surface area contributed by atoms with Crippen molar-refractivity contribution in [1.82, 2.24) is 9.88 Å². The van der Waals surface area contributed by atoms with E-state index < -0.39 is 30.5 Å². The summed E-state index contributed by atoms with van der Waals surface area (Å²) in [7, 11) is 4.53. The Bertz CT molecular complexity index is 1370. The summed E-state index contributed by atoms with van der Waals surface area (Å²) in [5, 5.41) is 19.4. The summed E-state index contributed by atoms with van der Waals surface area (Å²) in [5.41, 5.74) is 1.66. The quantitative estimate of drug-likeness (QED) is 0.207. The van der Waals surface area contributed by atoms with Crippen molar-refractivity contribution >= 4 is 18.4 Å². The minimum atomic E-state index is -1.25. The Hall–Kier alpha value is -4.23. The molecule has 3 aromatic rings. The summed E-state index contributed by atoms with van der Waals surface area (Å²) >= 11 is 0. The van der Waals surface area contributed by atoms with Crippen LogP contribution in [0.25, 0.3) is 0 Å². The number of hydrogen-bond acceptors (Lipinski definition) is 7. The maximum absolute atomic E-state index is 14.6. The summed E-state index contributed by atoms with van der Waals surface area (Å²) < 4.78 is 57.5. The molecule has 4 rings (SSSR count). The number of aliphatic hydroxyl groups is 2. The zero-order chi connectivity index (χ0) is 34.8. The van der Waals surface area contributed by atoms with Crippen LogP contribution in [-0.2, 0) is 16.1 Å². The van der Waals surface area contributed by atoms with Crippen molar-refractivity contribution in [2.24, 2.45) is 5.92 Å². The van der Waals surface area contributed by atoms with Crippen molar-refractivity contribution in [1.29, 1.82) is 0 Å². The number of amides is 1. The number of aliphatic hydroxyl groups excluding tert-OH is 2. The molecule has 46 heavy (non-hydrogen) atoms. The maximum atomic E-state index is 14.6. The van der Waals surface area contributed by atoms with Crippen molar-refractivity contribution in [2.75, 3.05) is 39.5 Å². The lowest BCUT2D eigenvalue weighted by Gasteiger charge is -2.27. The Kier molecular flexibility index (Phi) is 17.9. The fourth-order valence-corrected chi connectivity index (χ4v) is 4.52. The van der Waals surface area contributed by atoms with E-state index in [4.69, 9.17) is 14.6 Å². The predicted octanol–water partition coefficient (Wildman–Crippen LogP) is 4.43. The summed E-state index contributed by atoms with van der Waals surface area (Å²) in [6, 6.07) is 10.3. The fourth-order valence-electron chi connectivity index (χ4n) is 4.52. The van der Waals surface area contributed by atoms with Gasteiger partial charge in [0, 0.05) is 56.9 Å². The van der Waals surface area contributed by atoms with Crippen molar-refractivity contribution in [3.63, 3.8) is 0 Å². The molecular weight excluding hydrogens is 610 g/mol. The van der Waals surface area contributed by atoms with Gasteiger partial charge in [-0.1, -0.05) is 17.7 Å². The van der Waals surface area contributed by atoms with Crippen molar-refractivity contribution < 1.29 is 42.1 Å². The van der Waals surface area contributed by atoms with Gasteiger partial charge >= 0.3 is 0 Å². The van der Waals surface area contributed by atoms with E-state index in [-0.39, 0.29) is 48.1 Å². The Morgan fingerprint density at radius 2 is 1.63 bits per heavy atom. The molecule has 0 bridgehead atoms. The number of rotatable bonds is 11. The summed E-state index contributed by atoms with van der Waals surface area (Å²) in [5.74, 6) is -2.28. The Morgan fingerprint density at radius 3 is 2.07 bits per heavy atom. The molecule has 1 amide bonds. The summed E-state index contributed by atoms with van der Waals surface area (Å²) in [4.78, 5) is 35.0. The first-order valence-corrected chi connectivity index (χ1v) is 14.4. The number of ether oxygens (including phenoxy) is 1. The van der Waals surface area contributed by atoms with Crippen LogP contribution in [0.2, 0.25) is 0 Å². The van der Waals surface area contributed by atoms with Crippen LogP contribution in [0, 0.1) is 37.2 Å². The smallest absolute Gasteiger partial charge is 0.274 e. The molecule has 13 heteroatoms. The number of carbonyl (C=O) groups excluding carboxylic acids is 2. The number of carbonyl (C=O) groups is 2. The highest BCUT2D eigenvalue weighted by atomic mass is 19.1. The first kappa shape index (κ1) is 39.8. The topological polar surface area (TPSA) is 121 Å². The number of aldehydes is 1. The SMILES string of the molecule is CNC=O.COc1cc(F)c(C(CC=O)CN(C)c2c(C)ccn(CC(O)C3CC3)c2=O)c(F)c1.Cc1ccc(F)cc1.OCF. The van der Waals surface area contributed by atoms with E-state index in [2.05, 4.69) is 5.32 Å². The molecule has 0 aliphatic heterocycles. The molecule has 0 radical (unpaired) electrons. The highest BCUT2D eigenvalue weighted by molar-refractivity contribution is 5.55. The number of hydrogen-bond donors (Lipinski definition) is 3. The van der Waals surface area contributed by atoms with Crippen molar-refractivity contribution in [2.45, 2.75) is 51.7 Å². The van der Waals surface area contributed by atoms with Crippen LogP contribution in [0.15, 0.2) is 53.5 Å². The number of aromatic nitrogens is 1. The molecule has 0 saturated heterocycles. The van der Waals surface area contributed by atoms with Gasteiger partial charge in [-0.3, -0.25) is 9.59 Å². The van der Waals surface area contributed by atoms with Gasteiger partial charge in [0.1, 0.15) is 35.2 Å². The molecule has 0 spiro atoms. The van der Waals surface area contributed by atoms with Crippen LogP contribution < -0.4 is 20.5 Å². The molecule has 3 N–H and O–H groups in total. The van der Waals surface area contributed by atoms with Gasteiger partial charge in [-0.2, -0.15) is 0 Å². The van der Waals surface area contributed by atoms with E-state index in [0.717, 1.165) is 30.5 Å². The Labute approximate surface area is 266 Å². The number of alkyl halides is 1. The van der Waals surface area contributed by atoms with E-state index in [0.29, 0.717) is 23.9 Å². The normalized spacial score (nSPS) is 12.8. The lowest BCUT2D eigenvalue weighted by Crippen LogP contribution is -2.35. The van der Waals surface area contributed by atoms with Crippen LogP contribution in [0.3, 0.4) is 0 Å². The molecule has 1 saturated carbocycles.